The Hall–Kier alpha value is -3.53. The lowest BCUT2D eigenvalue weighted by Crippen LogP contribution is -2.54. The first-order valence-electron chi connectivity index (χ1n) is 13.1. The molecule has 38 heavy (non-hydrogen) atoms. The van der Waals surface area contributed by atoms with Crippen molar-refractivity contribution < 1.29 is 22.4 Å². The number of hydrogen-bond acceptors (Lipinski definition) is 6. The van der Waals surface area contributed by atoms with E-state index in [0.717, 1.165) is 75.0 Å². The van der Waals surface area contributed by atoms with Gasteiger partial charge in [0.1, 0.15) is 0 Å². The first-order chi connectivity index (χ1) is 18.3. The van der Waals surface area contributed by atoms with Crippen molar-refractivity contribution in [3.8, 4) is 11.3 Å². The molecule has 0 spiro atoms. The largest absolute Gasteiger partial charge is 0.424 e. The highest BCUT2D eigenvalue weighted by molar-refractivity contribution is 5.93. The number of benzene rings is 2. The number of aromatic nitrogens is 1. The molecule has 1 aromatic heterocycles. The van der Waals surface area contributed by atoms with Crippen LogP contribution < -0.4 is 21.3 Å². The first kappa shape index (κ1) is 26.1. The molecule has 4 N–H and O–H groups in total. The van der Waals surface area contributed by atoms with Gasteiger partial charge in [-0.15, -0.1) is 0 Å². The van der Waals surface area contributed by atoms with Crippen molar-refractivity contribution in [3.63, 3.8) is 0 Å². The van der Waals surface area contributed by atoms with Crippen LogP contribution >= 0.6 is 0 Å². The van der Waals surface area contributed by atoms with Crippen LogP contribution in [-0.2, 0) is 6.18 Å². The Morgan fingerprint density at radius 3 is 2.53 bits per heavy atom. The molecule has 7 nitrogen and oxygen atoms in total. The predicted octanol–water partition coefficient (Wildman–Crippen LogP) is 5.44. The third kappa shape index (κ3) is 6.12. The summed E-state index contributed by atoms with van der Waals surface area (Å²) < 4.78 is 44.8. The number of amides is 1. The number of primary amides is 1. The number of nitrogens with two attached hydrogens (primary N) is 1. The molecule has 3 atom stereocenters. The monoisotopic (exact) mass is 527 g/mol. The number of oxazole rings is 1. The van der Waals surface area contributed by atoms with Crippen LogP contribution in [0.25, 0.3) is 11.3 Å². The van der Waals surface area contributed by atoms with Gasteiger partial charge in [0, 0.05) is 48.0 Å². The summed E-state index contributed by atoms with van der Waals surface area (Å²) in [5, 5.41) is 7.28. The zero-order chi connectivity index (χ0) is 26.7. The molecule has 1 amide bonds. The molecule has 10 heteroatoms. The van der Waals surface area contributed by atoms with Crippen LogP contribution in [0.1, 0.15) is 54.4 Å². The van der Waals surface area contributed by atoms with Gasteiger partial charge in [-0.3, -0.25) is 4.79 Å². The summed E-state index contributed by atoms with van der Waals surface area (Å²) in [6.07, 6.45) is 3.51. The van der Waals surface area contributed by atoms with E-state index >= 15 is 0 Å². The third-order valence-electron chi connectivity index (χ3n) is 7.44. The van der Waals surface area contributed by atoms with E-state index in [4.69, 9.17) is 10.2 Å². The van der Waals surface area contributed by atoms with Gasteiger partial charge in [0.05, 0.1) is 11.8 Å². The molecule has 0 radical (unpaired) electrons. The van der Waals surface area contributed by atoms with Gasteiger partial charge in [0.25, 0.3) is 6.01 Å². The van der Waals surface area contributed by atoms with Crippen LogP contribution in [0, 0.1) is 0 Å². The van der Waals surface area contributed by atoms with Crippen LogP contribution in [0.2, 0.25) is 0 Å². The zero-order valence-electron chi connectivity index (χ0n) is 21.0. The van der Waals surface area contributed by atoms with E-state index in [2.05, 4.69) is 20.5 Å². The van der Waals surface area contributed by atoms with Crippen LogP contribution in [0.15, 0.2) is 59.1 Å². The highest BCUT2D eigenvalue weighted by Crippen LogP contribution is 2.32. The van der Waals surface area contributed by atoms with Gasteiger partial charge >= 0.3 is 6.18 Å². The summed E-state index contributed by atoms with van der Waals surface area (Å²) >= 11 is 0. The summed E-state index contributed by atoms with van der Waals surface area (Å²) in [4.78, 5) is 18.1. The Kier molecular flexibility index (Phi) is 7.60. The normalized spacial score (nSPS) is 22.3. The summed E-state index contributed by atoms with van der Waals surface area (Å²) in [6.45, 7) is 1.57. The topological polar surface area (TPSA) is 96.4 Å². The van der Waals surface area contributed by atoms with Crippen LogP contribution in [0.5, 0.6) is 0 Å². The van der Waals surface area contributed by atoms with Gasteiger partial charge in [0.15, 0.2) is 5.76 Å². The number of carbonyl (C=O) groups excluding carboxylic acids is 1. The minimum absolute atomic E-state index is 0.133. The SMILES string of the molecule is NC(=O)c1cccc(-c2cnc(NC3CCCCC3NC3CCCN(c4ccc(C(F)(F)F)cc4)C3)o2)c1. The fourth-order valence-corrected chi connectivity index (χ4v) is 5.47. The van der Waals surface area contributed by atoms with Crippen molar-refractivity contribution in [2.24, 2.45) is 5.73 Å². The molecule has 3 unspecified atom stereocenters. The summed E-state index contributed by atoms with van der Waals surface area (Å²) in [6, 6.07) is 13.4. The van der Waals surface area contributed by atoms with E-state index in [-0.39, 0.29) is 18.1 Å². The molecule has 1 saturated heterocycles. The van der Waals surface area contributed by atoms with Gasteiger partial charge in [0.2, 0.25) is 5.91 Å². The van der Waals surface area contributed by atoms with Crippen molar-refractivity contribution in [1.29, 1.82) is 0 Å². The van der Waals surface area contributed by atoms with E-state index in [1.165, 1.54) is 0 Å². The Morgan fingerprint density at radius 1 is 1.03 bits per heavy atom. The second-order valence-corrected chi connectivity index (χ2v) is 10.1. The van der Waals surface area contributed by atoms with E-state index in [1.807, 2.05) is 6.07 Å². The molecule has 2 heterocycles. The average molecular weight is 528 g/mol. The number of carbonyl (C=O) groups is 1. The van der Waals surface area contributed by atoms with Gasteiger partial charge < -0.3 is 25.7 Å². The number of halogens is 3. The van der Waals surface area contributed by atoms with Crippen molar-refractivity contribution in [2.45, 2.75) is 62.8 Å². The van der Waals surface area contributed by atoms with Gasteiger partial charge in [-0.1, -0.05) is 25.0 Å². The van der Waals surface area contributed by atoms with E-state index in [1.54, 1.807) is 36.5 Å². The number of nitrogens with zero attached hydrogens (tertiary/aromatic N) is 2. The maximum atomic E-state index is 13.0. The molecular formula is C28H32F3N5O2. The molecule has 0 bridgehead atoms. The predicted molar refractivity (Wildman–Crippen MR) is 140 cm³/mol. The molecule has 1 saturated carbocycles. The van der Waals surface area contributed by atoms with Crippen molar-refractivity contribution in [1.82, 2.24) is 10.3 Å². The number of alkyl halides is 3. The molecule has 1 aliphatic carbocycles. The van der Waals surface area contributed by atoms with Gasteiger partial charge in [-0.05, 0) is 62.1 Å². The Morgan fingerprint density at radius 2 is 1.79 bits per heavy atom. The lowest BCUT2D eigenvalue weighted by molar-refractivity contribution is -0.137. The lowest BCUT2D eigenvalue weighted by atomic mass is 9.89. The fourth-order valence-electron chi connectivity index (χ4n) is 5.47. The smallest absolute Gasteiger partial charge is 0.416 e. The Bertz CT molecular complexity index is 1240. The Balaban J connectivity index is 1.22. The summed E-state index contributed by atoms with van der Waals surface area (Å²) in [5.74, 6) is 0.0517. The van der Waals surface area contributed by atoms with Crippen molar-refractivity contribution >= 4 is 17.6 Å². The molecule has 202 valence electrons. The van der Waals surface area contributed by atoms with Crippen LogP contribution in [-0.4, -0.2) is 42.1 Å². The van der Waals surface area contributed by atoms with Gasteiger partial charge in [-0.2, -0.15) is 13.2 Å². The maximum absolute atomic E-state index is 13.0. The fraction of sp³-hybridized carbons (Fsp3) is 0.429. The van der Waals surface area contributed by atoms with Gasteiger partial charge in [-0.25, -0.2) is 4.98 Å². The maximum Gasteiger partial charge on any atom is 0.416 e. The van der Waals surface area contributed by atoms with Crippen LogP contribution in [0.3, 0.4) is 0 Å². The summed E-state index contributed by atoms with van der Waals surface area (Å²) in [7, 11) is 0. The molecule has 2 aromatic carbocycles. The molecule has 5 rings (SSSR count). The minimum atomic E-state index is -4.33. The number of anilines is 2. The first-order valence-corrected chi connectivity index (χ1v) is 13.1. The highest BCUT2D eigenvalue weighted by atomic mass is 19.4. The number of piperidine rings is 1. The van der Waals surface area contributed by atoms with E-state index < -0.39 is 17.6 Å². The quantitative estimate of drug-likeness (QED) is 0.379. The van der Waals surface area contributed by atoms with E-state index in [9.17, 15) is 18.0 Å². The van der Waals surface area contributed by atoms with Crippen LogP contribution in [0.4, 0.5) is 24.9 Å². The molecular weight excluding hydrogens is 495 g/mol. The minimum Gasteiger partial charge on any atom is -0.424 e. The van der Waals surface area contributed by atoms with Crippen molar-refractivity contribution in [2.75, 3.05) is 23.3 Å². The third-order valence-corrected chi connectivity index (χ3v) is 7.44. The standard InChI is InChI=1S/C28H32F3N5O2/c29-28(30,31)20-10-12-22(13-11-20)36-14-4-7-21(17-36)34-23-8-1-2-9-24(23)35-27-33-16-25(38-27)18-5-3-6-19(15-18)26(32)37/h3,5-6,10-13,15-16,21,23-24,34H,1-2,4,7-9,14,17H2,(H2,32,37)(H,33,35). The summed E-state index contributed by atoms with van der Waals surface area (Å²) in [5.41, 5.74) is 6.72. The average Bonchev–Trinajstić information content (AvgIpc) is 3.38. The lowest BCUT2D eigenvalue weighted by Gasteiger charge is -2.40. The molecule has 3 aromatic rings. The number of rotatable bonds is 7. The zero-order valence-corrected chi connectivity index (χ0v) is 21.0. The molecule has 2 aliphatic rings. The second-order valence-electron chi connectivity index (χ2n) is 10.1. The molecule has 2 fully saturated rings. The Labute approximate surface area is 219 Å². The number of nitrogens with one attached hydrogen (secondary N) is 2. The second kappa shape index (κ2) is 11.1. The number of hydrogen-bond donors (Lipinski definition) is 3. The highest BCUT2D eigenvalue weighted by Gasteiger charge is 2.32. The van der Waals surface area contributed by atoms with Crippen molar-refractivity contribution in [3.05, 3.63) is 65.9 Å². The van der Waals surface area contributed by atoms with E-state index in [0.29, 0.717) is 17.3 Å². The molecule has 1 aliphatic heterocycles.